The third-order valence-electron chi connectivity index (χ3n) is 4.47. The second-order valence-electron chi connectivity index (χ2n) is 6.18. The lowest BCUT2D eigenvalue weighted by atomic mass is 10.0. The smallest absolute Gasteiger partial charge is 0.321 e. The summed E-state index contributed by atoms with van der Waals surface area (Å²) in [5.74, 6) is 0.730. The summed E-state index contributed by atoms with van der Waals surface area (Å²) >= 11 is 0. The number of rotatable bonds is 6. The second-order valence-corrected chi connectivity index (χ2v) is 6.18. The Bertz CT molecular complexity index is 666. The third kappa shape index (κ3) is 4.15. The van der Waals surface area contributed by atoms with E-state index < -0.39 is 12.0 Å². The minimum absolute atomic E-state index is 0.457. The Morgan fingerprint density at radius 2 is 1.67 bits per heavy atom. The normalized spacial score (nSPS) is 16.5. The molecule has 24 heavy (non-hydrogen) atoms. The van der Waals surface area contributed by atoms with Crippen LogP contribution in [-0.2, 0) is 11.2 Å². The number of carbonyl (C=O) groups is 1. The molecule has 0 aromatic heterocycles. The Morgan fingerprint density at radius 1 is 1.00 bits per heavy atom. The van der Waals surface area contributed by atoms with Crippen LogP contribution in [0, 0.1) is 0 Å². The van der Waals surface area contributed by atoms with Crippen LogP contribution in [0.1, 0.15) is 24.8 Å². The van der Waals surface area contributed by atoms with Crippen molar-refractivity contribution in [1.82, 2.24) is 4.90 Å². The van der Waals surface area contributed by atoms with Crippen molar-refractivity contribution in [3.8, 4) is 11.5 Å². The van der Waals surface area contributed by atoms with Crippen molar-refractivity contribution < 1.29 is 14.6 Å². The monoisotopic (exact) mass is 325 g/mol. The van der Waals surface area contributed by atoms with E-state index in [0.29, 0.717) is 6.42 Å². The number of likely N-dealkylation sites (tertiary alicyclic amines) is 1. The Balaban J connectivity index is 1.79. The number of hydrogen-bond donors (Lipinski definition) is 1. The third-order valence-corrected chi connectivity index (χ3v) is 4.47. The summed E-state index contributed by atoms with van der Waals surface area (Å²) in [5.41, 5.74) is 0.930. The van der Waals surface area contributed by atoms with Gasteiger partial charge in [0.15, 0.2) is 0 Å². The number of benzene rings is 2. The minimum Gasteiger partial charge on any atom is -0.480 e. The first-order chi connectivity index (χ1) is 11.7. The Labute approximate surface area is 142 Å². The maximum absolute atomic E-state index is 11.8. The van der Waals surface area contributed by atoms with E-state index in [4.69, 9.17) is 4.74 Å². The lowest BCUT2D eigenvalue weighted by Crippen LogP contribution is -2.45. The summed E-state index contributed by atoms with van der Waals surface area (Å²) in [6, 6.07) is 16.8. The summed E-state index contributed by atoms with van der Waals surface area (Å²) in [5, 5.41) is 9.68. The lowest BCUT2D eigenvalue weighted by Gasteiger charge is -2.32. The van der Waals surface area contributed by atoms with Gasteiger partial charge in [-0.25, -0.2) is 0 Å². The van der Waals surface area contributed by atoms with E-state index in [-0.39, 0.29) is 0 Å². The molecule has 0 radical (unpaired) electrons. The molecule has 0 aliphatic carbocycles. The van der Waals surface area contributed by atoms with Crippen molar-refractivity contribution in [3.05, 3.63) is 60.2 Å². The van der Waals surface area contributed by atoms with Crippen molar-refractivity contribution in [2.45, 2.75) is 31.7 Å². The summed E-state index contributed by atoms with van der Waals surface area (Å²) in [4.78, 5) is 13.9. The van der Waals surface area contributed by atoms with Gasteiger partial charge in [0.2, 0.25) is 0 Å². The maximum atomic E-state index is 11.8. The summed E-state index contributed by atoms with van der Waals surface area (Å²) in [7, 11) is 0. The fourth-order valence-electron chi connectivity index (χ4n) is 3.20. The number of aliphatic carboxylic acids is 1. The highest BCUT2D eigenvalue weighted by atomic mass is 16.5. The fraction of sp³-hybridized carbons (Fsp3) is 0.350. The van der Waals surface area contributed by atoms with Crippen LogP contribution < -0.4 is 4.74 Å². The Kier molecular flexibility index (Phi) is 5.49. The number of ether oxygens (including phenoxy) is 1. The highest BCUT2D eigenvalue weighted by Crippen LogP contribution is 2.27. The van der Waals surface area contributed by atoms with Gasteiger partial charge in [-0.1, -0.05) is 42.8 Å². The predicted octanol–water partition coefficient (Wildman–Crippen LogP) is 3.96. The lowest BCUT2D eigenvalue weighted by molar-refractivity contribution is -0.143. The van der Waals surface area contributed by atoms with Gasteiger partial charge in [0.1, 0.15) is 17.5 Å². The van der Waals surface area contributed by atoms with E-state index in [0.717, 1.165) is 43.0 Å². The van der Waals surface area contributed by atoms with E-state index in [2.05, 4.69) is 4.90 Å². The SMILES string of the molecule is O=C(O)[C@@H](Cc1ccccc1Oc1ccccc1)N1CCCCC1. The van der Waals surface area contributed by atoms with Crippen molar-refractivity contribution in [2.24, 2.45) is 0 Å². The number of carboxylic acids is 1. The highest BCUT2D eigenvalue weighted by Gasteiger charge is 2.27. The van der Waals surface area contributed by atoms with E-state index in [9.17, 15) is 9.90 Å². The molecule has 2 aromatic rings. The Hall–Kier alpha value is -2.33. The molecule has 1 fully saturated rings. The van der Waals surface area contributed by atoms with Crippen LogP contribution in [0.25, 0.3) is 0 Å². The summed E-state index contributed by atoms with van der Waals surface area (Å²) in [6.07, 6.45) is 3.80. The molecule has 0 unspecified atom stereocenters. The molecule has 0 spiro atoms. The van der Waals surface area contributed by atoms with Crippen LogP contribution in [-0.4, -0.2) is 35.1 Å². The van der Waals surface area contributed by atoms with Crippen LogP contribution in [0.2, 0.25) is 0 Å². The molecule has 1 saturated heterocycles. The number of carboxylic acid groups (broad SMARTS) is 1. The zero-order valence-corrected chi connectivity index (χ0v) is 13.7. The predicted molar refractivity (Wildman–Crippen MR) is 93.5 cm³/mol. The standard InChI is InChI=1S/C20H23NO3/c22-20(23)18(21-13-7-2-8-14-21)15-16-9-5-6-12-19(16)24-17-10-3-1-4-11-17/h1,3-6,9-12,18H,2,7-8,13-15H2,(H,22,23)/t18-/m1/s1. The minimum atomic E-state index is -0.758. The molecule has 1 N–H and O–H groups in total. The van der Waals surface area contributed by atoms with Gasteiger partial charge in [-0.15, -0.1) is 0 Å². The van der Waals surface area contributed by atoms with Crippen LogP contribution >= 0.6 is 0 Å². The van der Waals surface area contributed by atoms with Gasteiger partial charge in [0, 0.05) is 6.42 Å². The average molecular weight is 325 g/mol. The van der Waals surface area contributed by atoms with Gasteiger partial charge < -0.3 is 9.84 Å². The van der Waals surface area contributed by atoms with Crippen molar-refractivity contribution >= 4 is 5.97 Å². The van der Waals surface area contributed by atoms with Crippen LogP contribution in [0.5, 0.6) is 11.5 Å². The molecule has 4 heteroatoms. The van der Waals surface area contributed by atoms with Crippen LogP contribution in [0.3, 0.4) is 0 Å². The molecular weight excluding hydrogens is 302 g/mol. The first-order valence-electron chi connectivity index (χ1n) is 8.52. The van der Waals surface area contributed by atoms with Crippen LogP contribution in [0.4, 0.5) is 0 Å². The fourth-order valence-corrected chi connectivity index (χ4v) is 3.20. The molecule has 2 aromatic carbocycles. The first-order valence-corrected chi connectivity index (χ1v) is 8.52. The highest BCUT2D eigenvalue weighted by molar-refractivity contribution is 5.74. The Morgan fingerprint density at radius 3 is 2.38 bits per heavy atom. The van der Waals surface area contributed by atoms with Gasteiger partial charge in [-0.2, -0.15) is 0 Å². The molecular formula is C20H23NO3. The molecule has 4 nitrogen and oxygen atoms in total. The quantitative estimate of drug-likeness (QED) is 0.873. The van der Waals surface area contributed by atoms with E-state index >= 15 is 0 Å². The van der Waals surface area contributed by atoms with E-state index in [1.54, 1.807) is 0 Å². The number of hydrogen-bond acceptors (Lipinski definition) is 3. The molecule has 0 bridgehead atoms. The first kappa shape index (κ1) is 16.5. The summed E-state index contributed by atoms with van der Waals surface area (Å²) in [6.45, 7) is 1.72. The zero-order valence-electron chi connectivity index (χ0n) is 13.7. The van der Waals surface area contributed by atoms with E-state index in [1.807, 2.05) is 54.6 Å². The molecule has 0 saturated carbocycles. The summed E-state index contributed by atoms with van der Waals surface area (Å²) < 4.78 is 5.97. The van der Waals surface area contributed by atoms with Gasteiger partial charge in [-0.3, -0.25) is 9.69 Å². The van der Waals surface area contributed by atoms with Gasteiger partial charge in [0.25, 0.3) is 0 Å². The second kappa shape index (κ2) is 7.97. The van der Waals surface area contributed by atoms with Gasteiger partial charge in [-0.05, 0) is 49.7 Å². The number of piperidine rings is 1. The van der Waals surface area contributed by atoms with Gasteiger partial charge in [0.05, 0.1) is 0 Å². The molecule has 1 atom stereocenters. The number of para-hydroxylation sites is 2. The maximum Gasteiger partial charge on any atom is 0.321 e. The van der Waals surface area contributed by atoms with Crippen molar-refractivity contribution in [2.75, 3.05) is 13.1 Å². The van der Waals surface area contributed by atoms with Crippen molar-refractivity contribution in [1.29, 1.82) is 0 Å². The molecule has 3 rings (SSSR count). The van der Waals surface area contributed by atoms with Crippen molar-refractivity contribution in [3.63, 3.8) is 0 Å². The molecule has 1 aliphatic rings. The molecule has 0 amide bonds. The average Bonchev–Trinajstić information content (AvgIpc) is 2.62. The topological polar surface area (TPSA) is 49.8 Å². The van der Waals surface area contributed by atoms with E-state index in [1.165, 1.54) is 6.42 Å². The van der Waals surface area contributed by atoms with Gasteiger partial charge >= 0.3 is 5.97 Å². The zero-order chi connectivity index (χ0) is 16.8. The molecule has 1 aliphatic heterocycles. The molecule has 1 heterocycles. The largest absolute Gasteiger partial charge is 0.480 e. The number of nitrogens with zero attached hydrogens (tertiary/aromatic N) is 1. The molecule has 126 valence electrons. The van der Waals surface area contributed by atoms with Crippen LogP contribution in [0.15, 0.2) is 54.6 Å².